The fourth-order valence-corrected chi connectivity index (χ4v) is 2.01. The van der Waals surface area contributed by atoms with Gasteiger partial charge < -0.3 is 15.8 Å². The molecule has 18 heavy (non-hydrogen) atoms. The molecule has 2 rings (SSSR count). The zero-order valence-electron chi connectivity index (χ0n) is 10.9. The number of guanidine groups is 1. The van der Waals surface area contributed by atoms with E-state index in [1.54, 1.807) is 0 Å². The van der Waals surface area contributed by atoms with Crippen LogP contribution in [-0.4, -0.2) is 25.2 Å². The molecule has 0 amide bonds. The molecule has 4 heteroatoms. The maximum absolute atomic E-state index is 5.79. The first-order chi connectivity index (χ1) is 8.79. The Morgan fingerprint density at radius 1 is 1.50 bits per heavy atom. The van der Waals surface area contributed by atoms with Crippen LogP contribution in [0.4, 0.5) is 0 Å². The SMILES string of the molecule is CCCCNC(N)=NCC1Cc2ccccc2O1. The van der Waals surface area contributed by atoms with E-state index in [1.165, 1.54) is 5.56 Å². The summed E-state index contributed by atoms with van der Waals surface area (Å²) in [6.45, 7) is 3.65. The number of fused-ring (bicyclic) bond motifs is 1. The first-order valence-corrected chi connectivity index (χ1v) is 6.58. The van der Waals surface area contributed by atoms with Gasteiger partial charge in [0, 0.05) is 13.0 Å². The van der Waals surface area contributed by atoms with E-state index >= 15 is 0 Å². The zero-order chi connectivity index (χ0) is 12.8. The fraction of sp³-hybridized carbons (Fsp3) is 0.500. The summed E-state index contributed by atoms with van der Waals surface area (Å²) in [5, 5.41) is 3.10. The van der Waals surface area contributed by atoms with Crippen LogP contribution in [0.25, 0.3) is 0 Å². The number of ether oxygens (including phenoxy) is 1. The van der Waals surface area contributed by atoms with Crippen molar-refractivity contribution in [2.45, 2.75) is 32.3 Å². The molecule has 1 aromatic rings. The Bertz CT molecular complexity index is 392. The van der Waals surface area contributed by atoms with Gasteiger partial charge in [0.2, 0.25) is 0 Å². The first kappa shape index (κ1) is 12.7. The van der Waals surface area contributed by atoms with Crippen LogP contribution in [0.2, 0.25) is 0 Å². The Labute approximate surface area is 108 Å². The van der Waals surface area contributed by atoms with E-state index in [0.29, 0.717) is 12.5 Å². The maximum Gasteiger partial charge on any atom is 0.188 e. The summed E-state index contributed by atoms with van der Waals surface area (Å²) < 4.78 is 5.79. The summed E-state index contributed by atoms with van der Waals surface area (Å²) >= 11 is 0. The molecule has 3 N–H and O–H groups in total. The monoisotopic (exact) mass is 247 g/mol. The van der Waals surface area contributed by atoms with Crippen molar-refractivity contribution in [3.05, 3.63) is 29.8 Å². The molecule has 1 aliphatic rings. The molecule has 0 aliphatic carbocycles. The predicted molar refractivity (Wildman–Crippen MR) is 74.0 cm³/mol. The van der Waals surface area contributed by atoms with Gasteiger partial charge in [0.1, 0.15) is 11.9 Å². The maximum atomic E-state index is 5.79. The number of aliphatic imine (C=N–C) groups is 1. The minimum Gasteiger partial charge on any atom is -0.488 e. The summed E-state index contributed by atoms with van der Waals surface area (Å²) in [4.78, 5) is 4.32. The number of hydrogen-bond acceptors (Lipinski definition) is 2. The smallest absolute Gasteiger partial charge is 0.188 e. The van der Waals surface area contributed by atoms with Crippen molar-refractivity contribution in [3.63, 3.8) is 0 Å². The molecule has 0 radical (unpaired) electrons. The lowest BCUT2D eigenvalue weighted by molar-refractivity contribution is 0.242. The summed E-state index contributed by atoms with van der Waals surface area (Å²) in [7, 11) is 0. The normalized spacial score (nSPS) is 18.3. The fourth-order valence-electron chi connectivity index (χ4n) is 2.01. The van der Waals surface area contributed by atoms with Crippen molar-refractivity contribution < 1.29 is 4.74 Å². The molecular formula is C14H21N3O. The molecule has 0 fully saturated rings. The van der Waals surface area contributed by atoms with Gasteiger partial charge in [0.15, 0.2) is 5.96 Å². The third kappa shape index (κ3) is 3.39. The van der Waals surface area contributed by atoms with Crippen LogP contribution in [0.1, 0.15) is 25.3 Å². The Morgan fingerprint density at radius 2 is 2.33 bits per heavy atom. The molecule has 1 atom stereocenters. The highest BCUT2D eigenvalue weighted by atomic mass is 16.5. The second-order valence-electron chi connectivity index (χ2n) is 4.56. The molecule has 98 valence electrons. The third-order valence-corrected chi connectivity index (χ3v) is 3.02. The molecule has 1 aromatic carbocycles. The van der Waals surface area contributed by atoms with E-state index in [9.17, 15) is 0 Å². The predicted octanol–water partition coefficient (Wildman–Crippen LogP) is 1.69. The number of nitrogens with one attached hydrogen (secondary N) is 1. The Balaban J connectivity index is 1.77. The van der Waals surface area contributed by atoms with E-state index in [0.717, 1.165) is 31.6 Å². The second kappa shape index (κ2) is 6.28. The minimum atomic E-state index is 0.119. The lowest BCUT2D eigenvalue weighted by Gasteiger charge is -2.09. The number of nitrogens with zero attached hydrogens (tertiary/aromatic N) is 1. The summed E-state index contributed by atoms with van der Waals surface area (Å²) in [6, 6.07) is 8.13. The van der Waals surface area contributed by atoms with E-state index in [4.69, 9.17) is 10.5 Å². The molecular weight excluding hydrogens is 226 g/mol. The number of rotatable bonds is 5. The molecule has 0 saturated heterocycles. The Kier molecular flexibility index (Phi) is 4.45. The van der Waals surface area contributed by atoms with Gasteiger partial charge in [-0.2, -0.15) is 0 Å². The molecule has 1 heterocycles. The van der Waals surface area contributed by atoms with Gasteiger partial charge in [0.25, 0.3) is 0 Å². The number of hydrogen-bond donors (Lipinski definition) is 2. The highest BCUT2D eigenvalue weighted by molar-refractivity contribution is 5.77. The molecule has 0 bridgehead atoms. The zero-order valence-corrected chi connectivity index (χ0v) is 10.9. The van der Waals surface area contributed by atoms with Crippen molar-refractivity contribution >= 4 is 5.96 Å². The number of para-hydroxylation sites is 1. The largest absolute Gasteiger partial charge is 0.488 e. The van der Waals surface area contributed by atoms with Crippen molar-refractivity contribution in [1.82, 2.24) is 5.32 Å². The highest BCUT2D eigenvalue weighted by Gasteiger charge is 2.21. The summed E-state index contributed by atoms with van der Waals surface area (Å²) in [5.74, 6) is 1.50. The van der Waals surface area contributed by atoms with E-state index in [2.05, 4.69) is 23.3 Å². The van der Waals surface area contributed by atoms with Crippen LogP contribution in [-0.2, 0) is 6.42 Å². The van der Waals surface area contributed by atoms with Crippen LogP contribution in [0.15, 0.2) is 29.3 Å². The quantitative estimate of drug-likeness (QED) is 0.473. The van der Waals surface area contributed by atoms with Crippen molar-refractivity contribution in [3.8, 4) is 5.75 Å². The van der Waals surface area contributed by atoms with E-state index in [-0.39, 0.29) is 6.10 Å². The molecule has 1 unspecified atom stereocenters. The molecule has 4 nitrogen and oxygen atoms in total. The number of nitrogens with two attached hydrogens (primary N) is 1. The Morgan fingerprint density at radius 3 is 3.11 bits per heavy atom. The molecule has 0 saturated carbocycles. The van der Waals surface area contributed by atoms with Gasteiger partial charge in [0.05, 0.1) is 6.54 Å². The average molecular weight is 247 g/mol. The van der Waals surface area contributed by atoms with Gasteiger partial charge in [-0.05, 0) is 18.1 Å². The van der Waals surface area contributed by atoms with E-state index in [1.807, 2.05) is 18.2 Å². The van der Waals surface area contributed by atoms with Crippen molar-refractivity contribution in [2.24, 2.45) is 10.7 Å². The number of benzene rings is 1. The van der Waals surface area contributed by atoms with Gasteiger partial charge in [-0.1, -0.05) is 31.5 Å². The van der Waals surface area contributed by atoms with Crippen LogP contribution >= 0.6 is 0 Å². The topological polar surface area (TPSA) is 59.6 Å². The van der Waals surface area contributed by atoms with Gasteiger partial charge in [-0.3, -0.25) is 0 Å². The van der Waals surface area contributed by atoms with Crippen LogP contribution in [0.3, 0.4) is 0 Å². The van der Waals surface area contributed by atoms with Crippen LogP contribution in [0.5, 0.6) is 5.75 Å². The first-order valence-electron chi connectivity index (χ1n) is 6.58. The van der Waals surface area contributed by atoms with Crippen LogP contribution in [0, 0.1) is 0 Å². The minimum absolute atomic E-state index is 0.119. The van der Waals surface area contributed by atoms with Crippen LogP contribution < -0.4 is 15.8 Å². The standard InChI is InChI=1S/C14H21N3O/c1-2-3-8-16-14(15)17-10-12-9-11-6-4-5-7-13(11)18-12/h4-7,12H,2-3,8-10H2,1H3,(H3,15,16,17). The third-order valence-electron chi connectivity index (χ3n) is 3.02. The average Bonchev–Trinajstić information content (AvgIpc) is 2.79. The lowest BCUT2D eigenvalue weighted by Crippen LogP contribution is -2.33. The Hall–Kier alpha value is -1.71. The summed E-state index contributed by atoms with van der Waals surface area (Å²) in [5.41, 5.74) is 7.04. The molecule has 0 spiro atoms. The van der Waals surface area contributed by atoms with Gasteiger partial charge in [-0.15, -0.1) is 0 Å². The van der Waals surface area contributed by atoms with Crippen molar-refractivity contribution in [2.75, 3.05) is 13.1 Å². The lowest BCUT2D eigenvalue weighted by atomic mass is 10.1. The molecule has 0 aromatic heterocycles. The van der Waals surface area contributed by atoms with Gasteiger partial charge >= 0.3 is 0 Å². The number of unbranched alkanes of at least 4 members (excludes halogenated alkanes) is 1. The highest BCUT2D eigenvalue weighted by Crippen LogP contribution is 2.27. The van der Waals surface area contributed by atoms with E-state index < -0.39 is 0 Å². The van der Waals surface area contributed by atoms with Gasteiger partial charge in [-0.25, -0.2) is 4.99 Å². The van der Waals surface area contributed by atoms with Crippen molar-refractivity contribution in [1.29, 1.82) is 0 Å². The second-order valence-corrected chi connectivity index (χ2v) is 4.56. The molecule has 1 aliphatic heterocycles. The summed E-state index contributed by atoms with van der Waals surface area (Å²) in [6.07, 6.45) is 3.30.